The third-order valence-corrected chi connectivity index (χ3v) is 3.26. The van der Waals surface area contributed by atoms with Crippen molar-refractivity contribution in [2.24, 2.45) is 0 Å². The van der Waals surface area contributed by atoms with E-state index in [0.29, 0.717) is 10.7 Å². The fourth-order valence-electron chi connectivity index (χ4n) is 1.67. The Morgan fingerprint density at radius 3 is 2.41 bits per heavy atom. The summed E-state index contributed by atoms with van der Waals surface area (Å²) >= 11 is 6.59. The summed E-state index contributed by atoms with van der Waals surface area (Å²) in [4.78, 5) is 0.392. The molecule has 3 aromatic rings. The van der Waals surface area contributed by atoms with Crippen molar-refractivity contribution in [1.29, 1.82) is 0 Å². The van der Waals surface area contributed by atoms with Crippen molar-refractivity contribution in [3.63, 3.8) is 0 Å². The van der Waals surface area contributed by atoms with Crippen LogP contribution in [0.25, 0.3) is 22.2 Å². The van der Waals surface area contributed by atoms with E-state index in [4.69, 9.17) is 4.42 Å². The molecule has 0 aliphatic heterocycles. The number of halogens is 2. The largest absolute Gasteiger partial charge is 0.411 e. The third-order valence-electron chi connectivity index (χ3n) is 2.45. The highest BCUT2D eigenvalue weighted by Gasteiger charge is 2.07. The number of nitrogens with zero attached hydrogens (tertiary/aromatic N) is 2. The van der Waals surface area contributed by atoms with Gasteiger partial charge in [0.05, 0.1) is 0 Å². The lowest BCUT2D eigenvalue weighted by Crippen LogP contribution is -1.79. The molecule has 3 nitrogen and oxygen atoms in total. The zero-order valence-corrected chi connectivity index (χ0v) is 11.7. The first-order chi connectivity index (χ1) is 8.22. The third kappa shape index (κ3) is 2.12. The summed E-state index contributed by atoms with van der Waals surface area (Å²) in [5, 5.41) is 10.0. The van der Waals surface area contributed by atoms with Crippen LogP contribution in [0.3, 0.4) is 0 Å². The molecule has 0 atom stereocenters. The molecule has 0 radical (unpaired) electrons. The minimum atomic E-state index is 0.392. The van der Waals surface area contributed by atoms with Crippen LogP contribution in [0.1, 0.15) is 0 Å². The molecule has 17 heavy (non-hydrogen) atoms. The predicted octanol–water partition coefficient (Wildman–Crippen LogP) is 4.41. The fraction of sp³-hybridized carbons (Fsp3) is 0. The Balaban J connectivity index is 2.16. The van der Waals surface area contributed by atoms with Crippen molar-refractivity contribution < 1.29 is 4.42 Å². The Bertz CT molecular complexity index is 694. The number of benzene rings is 2. The molecule has 0 aliphatic rings. The maximum atomic E-state index is 5.33. The summed E-state index contributed by atoms with van der Waals surface area (Å²) in [5.74, 6) is 0.515. The summed E-state index contributed by atoms with van der Waals surface area (Å²) < 4.78 is 6.40. The maximum Gasteiger partial charge on any atom is 0.285 e. The first-order valence-electron chi connectivity index (χ1n) is 4.91. The van der Waals surface area contributed by atoms with Gasteiger partial charge in [0.1, 0.15) is 0 Å². The van der Waals surface area contributed by atoms with E-state index >= 15 is 0 Å². The smallest absolute Gasteiger partial charge is 0.285 e. The lowest BCUT2D eigenvalue weighted by Gasteiger charge is -2.00. The van der Waals surface area contributed by atoms with Crippen LogP contribution in [-0.2, 0) is 0 Å². The van der Waals surface area contributed by atoms with E-state index in [1.54, 1.807) is 0 Å². The molecule has 3 rings (SSSR count). The molecule has 0 saturated heterocycles. The second-order valence-corrected chi connectivity index (χ2v) is 5.16. The molecule has 0 unspecified atom stereocenters. The second kappa shape index (κ2) is 4.23. The maximum absolute atomic E-state index is 5.33. The average molecular weight is 354 g/mol. The molecule has 5 heteroatoms. The van der Waals surface area contributed by atoms with E-state index in [2.05, 4.69) is 48.1 Å². The number of hydrogen-bond acceptors (Lipinski definition) is 3. The van der Waals surface area contributed by atoms with Crippen molar-refractivity contribution >= 4 is 42.6 Å². The van der Waals surface area contributed by atoms with E-state index < -0.39 is 0 Å². The predicted molar refractivity (Wildman–Crippen MR) is 72.6 cm³/mol. The van der Waals surface area contributed by atoms with Crippen LogP contribution in [0.2, 0.25) is 0 Å². The zero-order chi connectivity index (χ0) is 11.8. The first kappa shape index (κ1) is 10.9. The molecule has 0 N–H and O–H groups in total. The molecular weight excluding hydrogens is 348 g/mol. The molecule has 0 fully saturated rings. The molecule has 0 aliphatic carbocycles. The van der Waals surface area contributed by atoms with Gasteiger partial charge in [0, 0.05) is 26.0 Å². The van der Waals surface area contributed by atoms with E-state index in [-0.39, 0.29) is 0 Å². The Labute approximate surface area is 114 Å². The summed E-state index contributed by atoms with van der Waals surface area (Å²) in [7, 11) is 0. The standard InChI is InChI=1S/C12H6Br2N2O/c13-10-4-3-7-5-9(2-1-8(7)6-10)11-15-16-12(14)17-11/h1-6H. The Kier molecular flexibility index (Phi) is 2.72. The summed E-state index contributed by atoms with van der Waals surface area (Å²) in [5.41, 5.74) is 0.915. The van der Waals surface area contributed by atoms with Crippen LogP contribution in [0, 0.1) is 0 Å². The molecule has 1 aromatic heterocycles. The van der Waals surface area contributed by atoms with E-state index in [1.807, 2.05) is 30.3 Å². The van der Waals surface area contributed by atoms with Crippen molar-refractivity contribution in [1.82, 2.24) is 10.2 Å². The average Bonchev–Trinajstić information content (AvgIpc) is 2.75. The fourth-order valence-corrected chi connectivity index (χ4v) is 2.28. The van der Waals surface area contributed by atoms with E-state index in [0.717, 1.165) is 15.4 Å². The number of rotatable bonds is 1. The van der Waals surface area contributed by atoms with Crippen molar-refractivity contribution in [3.8, 4) is 11.5 Å². The van der Waals surface area contributed by atoms with Crippen LogP contribution in [-0.4, -0.2) is 10.2 Å². The summed E-state index contributed by atoms with van der Waals surface area (Å²) in [6.07, 6.45) is 0. The van der Waals surface area contributed by atoms with Gasteiger partial charge < -0.3 is 4.42 Å². The summed E-state index contributed by atoms with van der Waals surface area (Å²) in [6.45, 7) is 0. The van der Waals surface area contributed by atoms with Gasteiger partial charge in [-0.3, -0.25) is 0 Å². The minimum absolute atomic E-state index is 0.392. The molecule has 1 heterocycles. The van der Waals surface area contributed by atoms with Gasteiger partial charge in [-0.15, -0.1) is 10.2 Å². The van der Waals surface area contributed by atoms with Crippen molar-refractivity contribution in [2.45, 2.75) is 0 Å². The van der Waals surface area contributed by atoms with Gasteiger partial charge in [0.15, 0.2) is 0 Å². The second-order valence-electron chi connectivity index (χ2n) is 3.57. The van der Waals surface area contributed by atoms with Crippen LogP contribution in [0.5, 0.6) is 0 Å². The molecule has 2 aromatic carbocycles. The lowest BCUT2D eigenvalue weighted by atomic mass is 10.1. The van der Waals surface area contributed by atoms with Gasteiger partial charge in [-0.05, 0) is 35.0 Å². The van der Waals surface area contributed by atoms with Gasteiger partial charge >= 0.3 is 0 Å². The van der Waals surface area contributed by atoms with Gasteiger partial charge in [0.25, 0.3) is 4.80 Å². The van der Waals surface area contributed by atoms with E-state index in [9.17, 15) is 0 Å². The highest BCUT2D eigenvalue weighted by Crippen LogP contribution is 2.26. The highest BCUT2D eigenvalue weighted by atomic mass is 79.9. The van der Waals surface area contributed by atoms with E-state index in [1.165, 1.54) is 5.39 Å². The van der Waals surface area contributed by atoms with Gasteiger partial charge in [0.2, 0.25) is 5.89 Å². The number of aromatic nitrogens is 2. The summed E-state index contributed by atoms with van der Waals surface area (Å²) in [6, 6.07) is 12.2. The monoisotopic (exact) mass is 352 g/mol. The molecular formula is C12H6Br2N2O. The molecule has 0 saturated carbocycles. The van der Waals surface area contributed by atoms with Crippen LogP contribution < -0.4 is 0 Å². The zero-order valence-electron chi connectivity index (χ0n) is 8.52. The Hall–Kier alpha value is -1.20. The Morgan fingerprint density at radius 2 is 1.65 bits per heavy atom. The first-order valence-corrected chi connectivity index (χ1v) is 6.50. The van der Waals surface area contributed by atoms with Gasteiger partial charge in [-0.25, -0.2) is 0 Å². The van der Waals surface area contributed by atoms with Crippen molar-refractivity contribution in [3.05, 3.63) is 45.7 Å². The van der Waals surface area contributed by atoms with Gasteiger partial charge in [-0.2, -0.15) is 0 Å². The van der Waals surface area contributed by atoms with Gasteiger partial charge in [-0.1, -0.05) is 28.1 Å². The molecule has 0 spiro atoms. The topological polar surface area (TPSA) is 38.9 Å². The van der Waals surface area contributed by atoms with Crippen LogP contribution >= 0.6 is 31.9 Å². The normalized spacial score (nSPS) is 10.9. The molecule has 84 valence electrons. The van der Waals surface area contributed by atoms with Crippen LogP contribution in [0.4, 0.5) is 0 Å². The Morgan fingerprint density at radius 1 is 0.882 bits per heavy atom. The molecule has 0 bridgehead atoms. The lowest BCUT2D eigenvalue weighted by molar-refractivity contribution is 0.540. The SMILES string of the molecule is Brc1ccc2cc(-c3nnc(Br)o3)ccc2c1. The quantitative estimate of drug-likeness (QED) is 0.650. The molecule has 0 amide bonds. The highest BCUT2D eigenvalue weighted by molar-refractivity contribution is 9.10. The minimum Gasteiger partial charge on any atom is -0.411 e. The van der Waals surface area contributed by atoms with Crippen LogP contribution in [0.15, 0.2) is 50.1 Å². The number of fused-ring (bicyclic) bond motifs is 1. The van der Waals surface area contributed by atoms with Crippen molar-refractivity contribution in [2.75, 3.05) is 0 Å². The number of hydrogen-bond donors (Lipinski definition) is 0.